The lowest BCUT2D eigenvalue weighted by Gasteiger charge is -2.30. The Kier molecular flexibility index (Phi) is 6.51. The third-order valence-electron chi connectivity index (χ3n) is 1.63. The lowest BCUT2D eigenvalue weighted by atomic mass is 10.2. The van der Waals surface area contributed by atoms with Crippen molar-refractivity contribution in [2.75, 3.05) is 25.7 Å². The molecule has 0 aliphatic rings. The summed E-state index contributed by atoms with van der Waals surface area (Å²) in [6.07, 6.45) is 0. The smallest absolute Gasteiger partial charge is 0.322 e. The largest absolute Gasteiger partial charge is 0.395 e. The van der Waals surface area contributed by atoms with E-state index < -0.39 is 41.0 Å². The second-order valence-corrected chi connectivity index (χ2v) is 6.50. The second-order valence-electron chi connectivity index (χ2n) is 3.54. The molecule has 17 heavy (non-hydrogen) atoms. The molecule has 0 aromatic carbocycles. The van der Waals surface area contributed by atoms with E-state index in [0.717, 1.165) is 6.92 Å². The first-order valence-electron chi connectivity index (χ1n) is 4.42. The molecular weight excluding hydrogens is 290 g/mol. The van der Waals surface area contributed by atoms with Gasteiger partial charge in [-0.15, -0.1) is 0 Å². The van der Waals surface area contributed by atoms with Crippen molar-refractivity contribution in [3.63, 3.8) is 0 Å². The molecule has 1 nitrogen and oxygen atoms in total. The molecule has 0 aromatic heterocycles. The summed E-state index contributed by atoms with van der Waals surface area (Å²) in [4.78, 5) is 0. The second kappa shape index (κ2) is 6.42. The third-order valence-corrected chi connectivity index (χ3v) is 4.30. The van der Waals surface area contributed by atoms with Crippen LogP contribution in [0.25, 0.3) is 0 Å². The number of halogens is 6. The van der Waals surface area contributed by atoms with Crippen LogP contribution in [0, 0.1) is 0 Å². The molecule has 1 unspecified atom stereocenters. The lowest BCUT2D eigenvalue weighted by molar-refractivity contribution is 0.0701. The highest BCUT2D eigenvalue weighted by atomic mass is 32.2. The number of aliphatic hydroxyl groups is 1. The van der Waals surface area contributed by atoms with Crippen molar-refractivity contribution in [2.24, 2.45) is 0 Å². The van der Waals surface area contributed by atoms with Crippen molar-refractivity contribution in [1.29, 1.82) is 0 Å². The Balaban J connectivity index is 4.48. The standard InChI is InChI=1S/C8H12F6OS2/c1-6(4-15,17-8(13,14)3-10)5-16-7(11,12)2-9/h15H,2-5H2,1H3. The lowest BCUT2D eigenvalue weighted by Crippen LogP contribution is -2.36. The van der Waals surface area contributed by atoms with E-state index in [1.807, 2.05) is 0 Å². The van der Waals surface area contributed by atoms with Gasteiger partial charge in [0.1, 0.15) is 0 Å². The summed E-state index contributed by atoms with van der Waals surface area (Å²) in [7, 11) is 0. The highest BCUT2D eigenvalue weighted by Gasteiger charge is 2.42. The van der Waals surface area contributed by atoms with Gasteiger partial charge in [0.25, 0.3) is 0 Å². The molecular formula is C8H12F6OS2. The molecule has 0 radical (unpaired) electrons. The van der Waals surface area contributed by atoms with Crippen molar-refractivity contribution in [3.05, 3.63) is 0 Å². The van der Waals surface area contributed by atoms with E-state index >= 15 is 0 Å². The first kappa shape index (κ1) is 17.2. The van der Waals surface area contributed by atoms with Gasteiger partial charge in [-0.3, -0.25) is 0 Å². The molecule has 0 fully saturated rings. The molecule has 0 bridgehead atoms. The maximum absolute atomic E-state index is 12.7. The van der Waals surface area contributed by atoms with Crippen molar-refractivity contribution in [3.8, 4) is 0 Å². The summed E-state index contributed by atoms with van der Waals surface area (Å²) < 4.78 is 72.7. The Bertz CT molecular complexity index is 240. The van der Waals surface area contributed by atoms with Crippen LogP contribution in [-0.4, -0.2) is 46.1 Å². The highest BCUT2D eigenvalue weighted by Crippen LogP contribution is 2.43. The molecule has 1 atom stereocenters. The van der Waals surface area contributed by atoms with Gasteiger partial charge in [-0.2, -0.15) is 17.6 Å². The Morgan fingerprint density at radius 2 is 1.47 bits per heavy atom. The molecule has 0 amide bonds. The molecule has 0 aromatic rings. The summed E-state index contributed by atoms with van der Waals surface area (Å²) in [6.45, 7) is -3.65. The number of hydrogen-bond donors (Lipinski definition) is 1. The van der Waals surface area contributed by atoms with Gasteiger partial charge in [0.05, 0.1) is 11.4 Å². The predicted octanol–water partition coefficient (Wildman–Crippen LogP) is 3.33. The van der Waals surface area contributed by atoms with Crippen LogP contribution in [-0.2, 0) is 0 Å². The molecule has 0 spiro atoms. The van der Waals surface area contributed by atoms with E-state index in [1.165, 1.54) is 0 Å². The molecule has 0 aliphatic heterocycles. The van der Waals surface area contributed by atoms with E-state index in [-0.39, 0.29) is 23.5 Å². The summed E-state index contributed by atoms with van der Waals surface area (Å²) in [6, 6.07) is 0. The van der Waals surface area contributed by atoms with Gasteiger partial charge in [0, 0.05) is 5.75 Å². The topological polar surface area (TPSA) is 20.2 Å². The Hall–Kier alpha value is 0.240. The van der Waals surface area contributed by atoms with Gasteiger partial charge in [0.15, 0.2) is 13.3 Å². The van der Waals surface area contributed by atoms with Crippen LogP contribution in [0.4, 0.5) is 26.3 Å². The van der Waals surface area contributed by atoms with Gasteiger partial charge >= 0.3 is 10.5 Å². The maximum atomic E-state index is 12.7. The molecule has 0 saturated carbocycles. The number of alkyl halides is 6. The van der Waals surface area contributed by atoms with Gasteiger partial charge in [-0.05, 0) is 6.92 Å². The fourth-order valence-corrected chi connectivity index (χ4v) is 2.73. The quantitative estimate of drug-likeness (QED) is 0.695. The molecule has 0 heterocycles. The van der Waals surface area contributed by atoms with Crippen molar-refractivity contribution in [2.45, 2.75) is 22.2 Å². The minimum Gasteiger partial charge on any atom is -0.395 e. The number of thioether (sulfide) groups is 2. The summed E-state index contributed by atoms with van der Waals surface area (Å²) in [5, 5.41) is 1.43. The zero-order valence-corrected chi connectivity index (χ0v) is 10.5. The molecule has 1 N–H and O–H groups in total. The Morgan fingerprint density at radius 3 is 1.82 bits per heavy atom. The summed E-state index contributed by atoms with van der Waals surface area (Å²) >= 11 is -0.418. The first-order chi connectivity index (χ1) is 7.60. The van der Waals surface area contributed by atoms with E-state index in [1.54, 1.807) is 0 Å². The van der Waals surface area contributed by atoms with Crippen LogP contribution < -0.4 is 0 Å². The van der Waals surface area contributed by atoms with Gasteiger partial charge < -0.3 is 5.11 Å². The highest BCUT2D eigenvalue weighted by molar-refractivity contribution is 8.04. The van der Waals surface area contributed by atoms with Crippen LogP contribution in [0.2, 0.25) is 0 Å². The monoisotopic (exact) mass is 302 g/mol. The van der Waals surface area contributed by atoms with Crippen molar-refractivity contribution in [1.82, 2.24) is 0 Å². The minimum absolute atomic E-state index is 0.184. The van der Waals surface area contributed by atoms with Crippen LogP contribution in [0.3, 0.4) is 0 Å². The van der Waals surface area contributed by atoms with Gasteiger partial charge in [-0.1, -0.05) is 23.5 Å². The predicted molar refractivity (Wildman–Crippen MR) is 57.4 cm³/mol. The Labute approximate surface area is 103 Å². The van der Waals surface area contributed by atoms with E-state index in [9.17, 15) is 26.3 Å². The Morgan fingerprint density at radius 1 is 1.00 bits per heavy atom. The SMILES string of the molecule is CC(CO)(CSC(F)(F)CF)SC(F)(F)CF. The van der Waals surface area contributed by atoms with Crippen LogP contribution in [0.5, 0.6) is 0 Å². The minimum atomic E-state index is -3.76. The normalized spacial score (nSPS) is 16.9. The van der Waals surface area contributed by atoms with Crippen LogP contribution in [0.15, 0.2) is 0 Å². The molecule has 9 heteroatoms. The zero-order valence-electron chi connectivity index (χ0n) is 8.86. The van der Waals surface area contributed by atoms with Crippen LogP contribution in [0.1, 0.15) is 6.92 Å². The average Bonchev–Trinajstić information content (AvgIpc) is 2.26. The molecule has 0 aliphatic carbocycles. The van der Waals surface area contributed by atoms with Crippen molar-refractivity contribution < 1.29 is 31.4 Å². The molecule has 104 valence electrons. The zero-order chi connectivity index (χ0) is 13.7. The fourth-order valence-electron chi connectivity index (χ4n) is 0.792. The number of hydrogen-bond acceptors (Lipinski definition) is 3. The van der Waals surface area contributed by atoms with E-state index in [4.69, 9.17) is 5.11 Å². The van der Waals surface area contributed by atoms with Gasteiger partial charge in [0.2, 0.25) is 0 Å². The summed E-state index contributed by atoms with van der Waals surface area (Å²) in [5.74, 6) is -0.624. The van der Waals surface area contributed by atoms with E-state index in [2.05, 4.69) is 0 Å². The molecule has 0 saturated heterocycles. The fraction of sp³-hybridized carbons (Fsp3) is 1.00. The third kappa shape index (κ3) is 6.66. The summed E-state index contributed by atoms with van der Waals surface area (Å²) in [5.41, 5.74) is 0. The molecule has 0 rings (SSSR count). The maximum Gasteiger partial charge on any atom is 0.322 e. The number of rotatable bonds is 8. The van der Waals surface area contributed by atoms with Crippen LogP contribution >= 0.6 is 23.5 Å². The number of aliphatic hydroxyl groups excluding tert-OH is 1. The van der Waals surface area contributed by atoms with Gasteiger partial charge in [-0.25, -0.2) is 8.78 Å². The van der Waals surface area contributed by atoms with Crippen molar-refractivity contribution >= 4 is 23.5 Å². The van der Waals surface area contributed by atoms with E-state index in [0.29, 0.717) is 0 Å². The average molecular weight is 302 g/mol. The first-order valence-corrected chi connectivity index (χ1v) is 6.22.